The van der Waals surface area contributed by atoms with E-state index in [9.17, 15) is 9.59 Å². The molecule has 1 aliphatic heterocycles. The number of nitrogens with one attached hydrogen (secondary N) is 1. The molecule has 1 unspecified atom stereocenters. The minimum atomic E-state index is -0.684. The molecule has 1 heterocycles. The van der Waals surface area contributed by atoms with Crippen LogP contribution in [-0.4, -0.2) is 23.6 Å². The van der Waals surface area contributed by atoms with Crippen LogP contribution in [0.15, 0.2) is 62.6 Å². The number of anilines is 2. The van der Waals surface area contributed by atoms with E-state index in [1.54, 1.807) is 6.07 Å². The van der Waals surface area contributed by atoms with Crippen LogP contribution in [0.3, 0.4) is 0 Å². The summed E-state index contributed by atoms with van der Waals surface area (Å²) in [4.78, 5) is 24.3. The van der Waals surface area contributed by atoms with Crippen molar-refractivity contribution in [2.45, 2.75) is 12.5 Å². The molecule has 0 bridgehead atoms. The van der Waals surface area contributed by atoms with Crippen LogP contribution < -0.4 is 16.1 Å². The predicted molar refractivity (Wildman–Crippen MR) is 104 cm³/mol. The molecular weight excluding hydrogens is 452 g/mol. The molecule has 0 aliphatic carbocycles. The van der Waals surface area contributed by atoms with Gasteiger partial charge >= 0.3 is 0 Å². The lowest BCUT2D eigenvalue weighted by Crippen LogP contribution is -2.39. The van der Waals surface area contributed by atoms with E-state index in [0.717, 1.165) is 8.95 Å². The second-order valence-corrected chi connectivity index (χ2v) is 7.20. The fourth-order valence-corrected chi connectivity index (χ4v) is 3.62. The van der Waals surface area contributed by atoms with Crippen LogP contribution in [0.4, 0.5) is 11.4 Å². The Morgan fingerprint density at radius 2 is 1.88 bits per heavy atom. The summed E-state index contributed by atoms with van der Waals surface area (Å²) in [6.45, 7) is 0. The molecule has 0 radical (unpaired) electrons. The van der Waals surface area contributed by atoms with Gasteiger partial charge in [0.05, 0.1) is 11.4 Å². The summed E-state index contributed by atoms with van der Waals surface area (Å²) in [6, 6.07) is 13.9. The minimum Gasteiger partial charge on any atom is -0.368 e. The number of hydrogen-bond acceptors (Lipinski definition) is 4. The first-order chi connectivity index (χ1) is 12.0. The Bertz CT molecular complexity index is 855. The summed E-state index contributed by atoms with van der Waals surface area (Å²) in [6.07, 6.45) is 0.157. The molecule has 8 heteroatoms. The van der Waals surface area contributed by atoms with Crippen molar-refractivity contribution in [1.82, 2.24) is 0 Å². The van der Waals surface area contributed by atoms with E-state index >= 15 is 0 Å². The van der Waals surface area contributed by atoms with Crippen LogP contribution in [0.2, 0.25) is 0 Å². The summed E-state index contributed by atoms with van der Waals surface area (Å²) < 4.78 is 1.62. The molecule has 6 nitrogen and oxygen atoms in total. The van der Waals surface area contributed by atoms with Crippen molar-refractivity contribution in [3.05, 3.63) is 57.5 Å². The Labute approximate surface area is 161 Å². The number of nitrogens with two attached hydrogens (primary N) is 1. The Kier molecular flexibility index (Phi) is 5.19. The summed E-state index contributed by atoms with van der Waals surface area (Å²) in [5.41, 5.74) is 7.06. The Balaban J connectivity index is 1.84. The van der Waals surface area contributed by atoms with Crippen molar-refractivity contribution in [1.29, 1.82) is 0 Å². The van der Waals surface area contributed by atoms with Crippen LogP contribution in [0, 0.1) is 0 Å². The molecule has 3 N–H and O–H groups in total. The van der Waals surface area contributed by atoms with Crippen LogP contribution in [0.25, 0.3) is 0 Å². The fraction of sp³-hybridized carbons (Fsp3) is 0.118. The lowest BCUT2D eigenvalue weighted by atomic mass is 10.1. The van der Waals surface area contributed by atoms with Crippen LogP contribution in [0.5, 0.6) is 0 Å². The van der Waals surface area contributed by atoms with Crippen molar-refractivity contribution in [3.63, 3.8) is 0 Å². The van der Waals surface area contributed by atoms with E-state index in [1.807, 2.05) is 42.5 Å². The number of nitrogens with zero attached hydrogens (tertiary/aromatic N) is 2. The fourth-order valence-electron chi connectivity index (χ4n) is 2.47. The van der Waals surface area contributed by atoms with Crippen molar-refractivity contribution in [2.24, 2.45) is 10.8 Å². The quantitative estimate of drug-likeness (QED) is 0.726. The number of carbonyl (C=O) groups excluding carboxylic acids is 2. The highest BCUT2D eigenvalue weighted by molar-refractivity contribution is 9.11. The zero-order chi connectivity index (χ0) is 18.0. The molecule has 3 rings (SSSR count). The Hall–Kier alpha value is -2.19. The zero-order valence-corrected chi connectivity index (χ0v) is 16.1. The number of primary amides is 1. The molecule has 1 aliphatic rings. The summed E-state index contributed by atoms with van der Waals surface area (Å²) in [5.74, 6) is -0.895. The number of para-hydroxylation sites is 1. The molecule has 0 saturated carbocycles. The van der Waals surface area contributed by atoms with Gasteiger partial charge in [-0.25, -0.2) is 0 Å². The van der Waals surface area contributed by atoms with E-state index in [-0.39, 0.29) is 18.0 Å². The van der Waals surface area contributed by atoms with Crippen LogP contribution >= 0.6 is 31.9 Å². The summed E-state index contributed by atoms with van der Waals surface area (Å²) in [5, 5.41) is 8.61. The largest absolute Gasteiger partial charge is 0.368 e. The molecular formula is C17H14Br2N4O2. The van der Waals surface area contributed by atoms with Gasteiger partial charge in [-0.3, -0.25) is 14.6 Å². The smallest absolute Gasteiger partial charge is 0.271 e. The first kappa shape index (κ1) is 17.6. The minimum absolute atomic E-state index is 0.157. The van der Waals surface area contributed by atoms with Gasteiger partial charge in [-0.1, -0.05) is 34.1 Å². The number of rotatable bonds is 4. The first-order valence-corrected chi connectivity index (χ1v) is 9.02. The van der Waals surface area contributed by atoms with Crippen molar-refractivity contribution in [2.75, 3.05) is 10.3 Å². The molecule has 0 aromatic heterocycles. The topological polar surface area (TPSA) is 87.8 Å². The SMILES string of the molecule is NC(=O)C1CC(C(=O)Nc2ccc(Br)cc2Br)=NN1c1ccccc1. The lowest BCUT2D eigenvalue weighted by molar-refractivity contribution is -0.119. The van der Waals surface area contributed by atoms with Gasteiger partial charge in [-0.05, 0) is 46.3 Å². The van der Waals surface area contributed by atoms with Gasteiger partial charge in [-0.2, -0.15) is 5.10 Å². The van der Waals surface area contributed by atoms with Gasteiger partial charge in [0.15, 0.2) is 0 Å². The van der Waals surface area contributed by atoms with Gasteiger partial charge in [0.1, 0.15) is 11.8 Å². The van der Waals surface area contributed by atoms with Gasteiger partial charge in [0, 0.05) is 15.4 Å². The predicted octanol–water partition coefficient (Wildman–Crippen LogP) is 3.27. The zero-order valence-electron chi connectivity index (χ0n) is 12.9. The normalized spacial score (nSPS) is 16.5. The van der Waals surface area contributed by atoms with E-state index < -0.39 is 11.9 Å². The molecule has 0 saturated heterocycles. The van der Waals surface area contributed by atoms with Gasteiger partial charge < -0.3 is 11.1 Å². The van der Waals surface area contributed by atoms with Crippen molar-refractivity contribution < 1.29 is 9.59 Å². The first-order valence-electron chi connectivity index (χ1n) is 7.43. The number of carbonyl (C=O) groups is 2. The Morgan fingerprint density at radius 1 is 1.16 bits per heavy atom. The Morgan fingerprint density at radius 3 is 2.52 bits per heavy atom. The van der Waals surface area contributed by atoms with Crippen molar-refractivity contribution in [3.8, 4) is 0 Å². The maximum atomic E-state index is 12.5. The maximum Gasteiger partial charge on any atom is 0.271 e. The molecule has 0 spiro atoms. The monoisotopic (exact) mass is 464 g/mol. The molecule has 25 heavy (non-hydrogen) atoms. The van der Waals surface area contributed by atoms with Gasteiger partial charge in [0.2, 0.25) is 5.91 Å². The average molecular weight is 466 g/mol. The van der Waals surface area contributed by atoms with Gasteiger partial charge in [0.25, 0.3) is 5.91 Å². The number of hydrazone groups is 1. The van der Waals surface area contributed by atoms with E-state index in [1.165, 1.54) is 5.01 Å². The number of halogens is 2. The second-order valence-electron chi connectivity index (χ2n) is 5.43. The highest BCUT2D eigenvalue weighted by Gasteiger charge is 2.35. The average Bonchev–Trinajstić information content (AvgIpc) is 3.04. The highest BCUT2D eigenvalue weighted by atomic mass is 79.9. The number of hydrogen-bond donors (Lipinski definition) is 2. The molecule has 1 atom stereocenters. The van der Waals surface area contributed by atoms with Crippen molar-refractivity contribution >= 4 is 60.8 Å². The summed E-state index contributed by atoms with van der Waals surface area (Å²) >= 11 is 6.76. The van der Waals surface area contributed by atoms with E-state index in [2.05, 4.69) is 42.3 Å². The number of benzene rings is 2. The van der Waals surface area contributed by atoms with Crippen LogP contribution in [0.1, 0.15) is 6.42 Å². The molecule has 0 fully saturated rings. The highest BCUT2D eigenvalue weighted by Crippen LogP contribution is 2.28. The molecule has 2 aromatic rings. The number of amides is 2. The molecule has 2 aromatic carbocycles. The lowest BCUT2D eigenvalue weighted by Gasteiger charge is -2.20. The van der Waals surface area contributed by atoms with E-state index in [4.69, 9.17) is 5.73 Å². The standard InChI is InChI=1S/C17H14Br2N4O2/c18-10-6-7-13(12(19)8-10)21-17(25)14-9-15(16(20)24)23(22-14)11-4-2-1-3-5-11/h1-8,15H,9H2,(H2,20,24)(H,21,25). The second kappa shape index (κ2) is 7.37. The van der Waals surface area contributed by atoms with Crippen LogP contribution in [-0.2, 0) is 9.59 Å². The maximum absolute atomic E-state index is 12.5. The van der Waals surface area contributed by atoms with E-state index in [0.29, 0.717) is 11.4 Å². The molecule has 2 amide bonds. The third kappa shape index (κ3) is 3.91. The van der Waals surface area contributed by atoms with Gasteiger partial charge in [-0.15, -0.1) is 0 Å². The third-order valence-corrected chi connectivity index (χ3v) is 4.85. The summed E-state index contributed by atoms with van der Waals surface area (Å²) in [7, 11) is 0. The molecule has 128 valence electrons. The third-order valence-electron chi connectivity index (χ3n) is 3.70.